The summed E-state index contributed by atoms with van der Waals surface area (Å²) >= 11 is 3.43. The Bertz CT molecular complexity index is 936. The predicted octanol–water partition coefficient (Wildman–Crippen LogP) is 4.32. The van der Waals surface area contributed by atoms with Crippen molar-refractivity contribution >= 4 is 21.8 Å². The van der Waals surface area contributed by atoms with Crippen LogP contribution < -0.4 is 0 Å². The number of carbonyl (C=O) groups excluding carboxylic acids is 1. The van der Waals surface area contributed by atoms with Gasteiger partial charge in [0.2, 0.25) is 17.6 Å². The molecule has 6 heteroatoms. The molecule has 0 aliphatic carbocycles. The van der Waals surface area contributed by atoms with Gasteiger partial charge < -0.3 is 9.42 Å². The maximum absolute atomic E-state index is 12.5. The van der Waals surface area contributed by atoms with Crippen LogP contribution in [0.3, 0.4) is 0 Å². The van der Waals surface area contributed by atoms with Gasteiger partial charge in [0, 0.05) is 17.1 Å². The fourth-order valence-electron chi connectivity index (χ4n) is 2.64. The van der Waals surface area contributed by atoms with E-state index < -0.39 is 0 Å². The quantitative estimate of drug-likeness (QED) is 0.624. The lowest BCUT2D eigenvalue weighted by Crippen LogP contribution is -2.28. The molecule has 0 radical (unpaired) electrons. The highest BCUT2D eigenvalue weighted by Gasteiger charge is 2.16. The fourth-order valence-corrected chi connectivity index (χ4v) is 3.04. The number of aryl methyl sites for hydroxylation is 2. The molecule has 0 fully saturated rings. The molecule has 0 saturated carbocycles. The standard InChI is InChI=1S/C20H20BrN3O2/c1-13-7-8-14(2)16(9-13)11-19(25)24(3)12-18-22-20(23-26-18)15-5-4-6-17(21)10-15/h4-10H,11-12H2,1-3H3. The number of carbonyl (C=O) groups is 1. The van der Waals surface area contributed by atoms with Crippen LogP contribution in [0.5, 0.6) is 0 Å². The third kappa shape index (κ3) is 4.38. The molecule has 1 aromatic heterocycles. The summed E-state index contributed by atoms with van der Waals surface area (Å²) in [6.45, 7) is 4.33. The fraction of sp³-hybridized carbons (Fsp3) is 0.250. The molecule has 5 nitrogen and oxygen atoms in total. The van der Waals surface area contributed by atoms with E-state index >= 15 is 0 Å². The largest absolute Gasteiger partial charge is 0.337 e. The first-order chi connectivity index (χ1) is 12.4. The molecule has 1 heterocycles. The number of benzene rings is 2. The first kappa shape index (κ1) is 18.3. The van der Waals surface area contributed by atoms with Crippen molar-refractivity contribution in [3.63, 3.8) is 0 Å². The lowest BCUT2D eigenvalue weighted by atomic mass is 10.0. The van der Waals surface area contributed by atoms with Crippen LogP contribution in [0.4, 0.5) is 0 Å². The molecule has 0 unspecified atom stereocenters. The highest BCUT2D eigenvalue weighted by molar-refractivity contribution is 9.10. The van der Waals surface area contributed by atoms with Crippen molar-refractivity contribution in [3.05, 3.63) is 69.5 Å². The van der Waals surface area contributed by atoms with E-state index in [-0.39, 0.29) is 12.5 Å². The van der Waals surface area contributed by atoms with Crippen molar-refractivity contribution < 1.29 is 9.32 Å². The number of aromatic nitrogens is 2. The van der Waals surface area contributed by atoms with Crippen LogP contribution in [0.2, 0.25) is 0 Å². The molecule has 134 valence electrons. The number of amides is 1. The van der Waals surface area contributed by atoms with Gasteiger partial charge in [-0.3, -0.25) is 4.79 Å². The van der Waals surface area contributed by atoms with Crippen LogP contribution >= 0.6 is 15.9 Å². The number of hydrogen-bond acceptors (Lipinski definition) is 4. The van der Waals surface area contributed by atoms with Crippen molar-refractivity contribution in [3.8, 4) is 11.4 Å². The van der Waals surface area contributed by atoms with E-state index in [0.717, 1.165) is 26.7 Å². The molecule has 0 spiro atoms. The van der Waals surface area contributed by atoms with Crippen LogP contribution in [0.15, 0.2) is 51.5 Å². The molecule has 1 amide bonds. The van der Waals surface area contributed by atoms with Crippen LogP contribution in [-0.4, -0.2) is 28.0 Å². The Labute approximate surface area is 161 Å². The Hall–Kier alpha value is -2.47. The summed E-state index contributed by atoms with van der Waals surface area (Å²) in [5.41, 5.74) is 4.17. The minimum atomic E-state index is 0.0147. The minimum absolute atomic E-state index is 0.0147. The van der Waals surface area contributed by atoms with Gasteiger partial charge in [-0.25, -0.2) is 0 Å². The average molecular weight is 414 g/mol. The molecule has 0 N–H and O–H groups in total. The van der Waals surface area contributed by atoms with Crippen LogP contribution in [-0.2, 0) is 17.8 Å². The van der Waals surface area contributed by atoms with Gasteiger partial charge >= 0.3 is 0 Å². The monoisotopic (exact) mass is 413 g/mol. The molecule has 0 bridgehead atoms. The van der Waals surface area contributed by atoms with Crippen LogP contribution in [0.1, 0.15) is 22.6 Å². The van der Waals surface area contributed by atoms with Gasteiger partial charge in [-0.15, -0.1) is 0 Å². The summed E-state index contributed by atoms with van der Waals surface area (Å²) < 4.78 is 6.25. The number of halogens is 1. The number of likely N-dealkylation sites (N-methyl/N-ethyl adjacent to an activating group) is 1. The minimum Gasteiger partial charge on any atom is -0.337 e. The summed E-state index contributed by atoms with van der Waals surface area (Å²) in [6.07, 6.45) is 0.358. The van der Waals surface area contributed by atoms with Crippen LogP contribution in [0.25, 0.3) is 11.4 Å². The molecule has 26 heavy (non-hydrogen) atoms. The molecule has 0 aliphatic heterocycles. The van der Waals surface area contributed by atoms with Crippen molar-refractivity contribution in [2.45, 2.75) is 26.8 Å². The summed E-state index contributed by atoms with van der Waals surface area (Å²) in [6, 6.07) is 13.8. The van der Waals surface area contributed by atoms with Gasteiger partial charge in [0.1, 0.15) is 0 Å². The van der Waals surface area contributed by atoms with E-state index in [4.69, 9.17) is 4.52 Å². The van der Waals surface area contributed by atoms with Gasteiger partial charge in [-0.1, -0.05) is 57.0 Å². The zero-order chi connectivity index (χ0) is 18.7. The molecule has 3 rings (SSSR count). The highest BCUT2D eigenvalue weighted by atomic mass is 79.9. The zero-order valence-corrected chi connectivity index (χ0v) is 16.6. The molecular formula is C20H20BrN3O2. The summed E-state index contributed by atoms with van der Waals surface area (Å²) in [5, 5.41) is 4.00. The van der Waals surface area contributed by atoms with Gasteiger partial charge in [-0.05, 0) is 37.1 Å². The van der Waals surface area contributed by atoms with E-state index in [9.17, 15) is 4.79 Å². The second kappa shape index (κ2) is 7.83. The Balaban J connectivity index is 1.67. The lowest BCUT2D eigenvalue weighted by Gasteiger charge is -2.16. The van der Waals surface area contributed by atoms with E-state index in [2.05, 4.69) is 38.2 Å². The van der Waals surface area contributed by atoms with Crippen molar-refractivity contribution in [1.82, 2.24) is 15.0 Å². The van der Waals surface area contributed by atoms with Crippen molar-refractivity contribution in [2.24, 2.45) is 0 Å². The molecular weight excluding hydrogens is 394 g/mol. The van der Waals surface area contributed by atoms with Crippen molar-refractivity contribution in [2.75, 3.05) is 7.05 Å². The second-order valence-electron chi connectivity index (χ2n) is 6.38. The summed E-state index contributed by atoms with van der Waals surface area (Å²) in [4.78, 5) is 18.5. The average Bonchev–Trinajstić information content (AvgIpc) is 3.06. The summed E-state index contributed by atoms with van der Waals surface area (Å²) in [7, 11) is 1.75. The maximum Gasteiger partial charge on any atom is 0.246 e. The topological polar surface area (TPSA) is 59.2 Å². The molecule has 2 aromatic carbocycles. The second-order valence-corrected chi connectivity index (χ2v) is 7.29. The Kier molecular flexibility index (Phi) is 5.52. The van der Waals surface area contributed by atoms with Gasteiger partial charge in [0.05, 0.1) is 13.0 Å². The van der Waals surface area contributed by atoms with Gasteiger partial charge in [-0.2, -0.15) is 4.98 Å². The SMILES string of the molecule is Cc1ccc(C)c(CC(=O)N(C)Cc2nc(-c3cccc(Br)c3)no2)c1. The van der Waals surface area contributed by atoms with E-state index in [1.54, 1.807) is 11.9 Å². The van der Waals surface area contributed by atoms with Gasteiger partial charge in [0.15, 0.2) is 0 Å². The first-order valence-corrected chi connectivity index (χ1v) is 9.10. The highest BCUT2D eigenvalue weighted by Crippen LogP contribution is 2.20. The third-order valence-corrected chi connectivity index (χ3v) is 4.69. The molecule has 3 aromatic rings. The van der Waals surface area contributed by atoms with E-state index in [0.29, 0.717) is 18.1 Å². The number of rotatable bonds is 5. The lowest BCUT2D eigenvalue weighted by molar-refractivity contribution is -0.130. The third-order valence-electron chi connectivity index (χ3n) is 4.20. The Morgan fingerprint density at radius 2 is 2.00 bits per heavy atom. The van der Waals surface area contributed by atoms with Crippen molar-refractivity contribution in [1.29, 1.82) is 0 Å². The molecule has 0 saturated heterocycles. The Morgan fingerprint density at radius 1 is 1.19 bits per heavy atom. The zero-order valence-electron chi connectivity index (χ0n) is 15.0. The Morgan fingerprint density at radius 3 is 2.77 bits per heavy atom. The number of hydrogen-bond donors (Lipinski definition) is 0. The normalized spacial score (nSPS) is 10.8. The van der Waals surface area contributed by atoms with Crippen LogP contribution in [0, 0.1) is 13.8 Å². The summed E-state index contributed by atoms with van der Waals surface area (Å²) in [5.74, 6) is 0.939. The van der Waals surface area contributed by atoms with E-state index in [1.807, 2.05) is 44.2 Å². The predicted molar refractivity (Wildman–Crippen MR) is 104 cm³/mol. The van der Waals surface area contributed by atoms with E-state index in [1.165, 1.54) is 0 Å². The smallest absolute Gasteiger partial charge is 0.246 e. The number of nitrogens with zero attached hydrogens (tertiary/aromatic N) is 3. The molecule has 0 atom stereocenters. The maximum atomic E-state index is 12.5. The molecule has 0 aliphatic rings. The van der Waals surface area contributed by atoms with Gasteiger partial charge in [0.25, 0.3) is 0 Å². The first-order valence-electron chi connectivity index (χ1n) is 8.31.